The molecule has 184 valence electrons. The maximum Gasteiger partial charge on any atom is 0.329 e. The number of carboxylic acid groups (broad SMARTS) is 1. The second-order valence-electron chi connectivity index (χ2n) is 8.13. The Balaban J connectivity index is 1.57. The van der Waals surface area contributed by atoms with Gasteiger partial charge in [0.25, 0.3) is 0 Å². The molecule has 3 aromatic rings. The number of carboxylic acids is 1. The number of piperidine rings is 1. The third kappa shape index (κ3) is 5.99. The minimum Gasteiger partial charge on any atom is -0.497 e. The molecular weight excluding hydrogens is 460 g/mol. The Kier molecular flexibility index (Phi) is 7.35. The molecule has 9 nitrogen and oxygen atoms in total. The Morgan fingerprint density at radius 2 is 1.97 bits per heavy atom. The number of halogens is 2. The third-order valence-electron chi connectivity index (χ3n) is 5.66. The number of rotatable bonds is 9. The molecule has 0 unspecified atom stereocenters. The summed E-state index contributed by atoms with van der Waals surface area (Å²) in [6.07, 6.45) is 4.61. The molecule has 11 heteroatoms. The van der Waals surface area contributed by atoms with Crippen LogP contribution in [0.5, 0.6) is 5.75 Å². The molecule has 1 aromatic carbocycles. The first kappa shape index (κ1) is 24.3. The average molecular weight is 485 g/mol. The van der Waals surface area contributed by atoms with Crippen molar-refractivity contribution in [2.24, 2.45) is 0 Å². The Morgan fingerprint density at radius 3 is 2.66 bits per heavy atom. The molecule has 1 fully saturated rings. The highest BCUT2D eigenvalue weighted by Crippen LogP contribution is 2.35. The first-order valence-electron chi connectivity index (χ1n) is 11.0. The van der Waals surface area contributed by atoms with Gasteiger partial charge in [0.1, 0.15) is 35.5 Å². The topological polar surface area (TPSA) is 101 Å². The zero-order valence-electron chi connectivity index (χ0n) is 19.1. The lowest BCUT2D eigenvalue weighted by atomic mass is 9.94. The van der Waals surface area contributed by atoms with Gasteiger partial charge >= 0.3 is 5.97 Å². The molecular formula is C24H25F2N5O4. The van der Waals surface area contributed by atoms with Crippen molar-refractivity contribution in [1.82, 2.24) is 15.0 Å². The van der Waals surface area contributed by atoms with E-state index in [1.807, 2.05) is 17.0 Å². The fraction of sp³-hybridized carbons (Fsp3) is 0.333. The number of pyridine rings is 1. The lowest BCUT2D eigenvalue weighted by molar-refractivity contribution is -0.144. The number of hydrogen-bond acceptors (Lipinski definition) is 8. The normalized spacial score (nSPS) is 15.0. The van der Waals surface area contributed by atoms with Gasteiger partial charge in [-0.1, -0.05) is 6.07 Å². The van der Waals surface area contributed by atoms with Gasteiger partial charge < -0.3 is 19.5 Å². The van der Waals surface area contributed by atoms with Crippen LogP contribution in [0.3, 0.4) is 0 Å². The van der Waals surface area contributed by atoms with Crippen LogP contribution in [-0.4, -0.2) is 65.1 Å². The number of ether oxygens (including phenoxy) is 2. The van der Waals surface area contributed by atoms with Gasteiger partial charge in [0, 0.05) is 32.0 Å². The molecule has 0 bridgehead atoms. The molecule has 2 aromatic heterocycles. The molecule has 1 N–H and O–H groups in total. The van der Waals surface area contributed by atoms with Gasteiger partial charge in [-0.15, -0.1) is 0 Å². The Morgan fingerprint density at radius 1 is 1.17 bits per heavy atom. The summed E-state index contributed by atoms with van der Waals surface area (Å²) in [6, 6.07) is 10.1. The van der Waals surface area contributed by atoms with E-state index in [1.54, 1.807) is 42.6 Å². The lowest BCUT2D eigenvalue weighted by Gasteiger charge is -2.36. The summed E-state index contributed by atoms with van der Waals surface area (Å²) < 4.78 is 38.9. The Bertz CT molecular complexity index is 1160. The maximum absolute atomic E-state index is 15.0. The number of nitrogens with zero attached hydrogens (tertiary/aromatic N) is 5. The number of hydrogen-bond donors (Lipinski definition) is 1. The number of anilines is 4. The van der Waals surface area contributed by atoms with Crippen molar-refractivity contribution in [3.63, 3.8) is 0 Å². The van der Waals surface area contributed by atoms with E-state index in [9.17, 15) is 9.18 Å². The first-order chi connectivity index (χ1) is 16.9. The Labute approximate surface area is 201 Å². The second-order valence-corrected chi connectivity index (χ2v) is 8.13. The van der Waals surface area contributed by atoms with E-state index in [4.69, 9.17) is 19.6 Å². The molecule has 0 saturated carbocycles. The smallest absolute Gasteiger partial charge is 0.329 e. The van der Waals surface area contributed by atoms with Gasteiger partial charge in [0.2, 0.25) is 0 Å². The molecule has 0 aliphatic carbocycles. The zero-order chi connectivity index (χ0) is 24.8. The van der Waals surface area contributed by atoms with Crippen molar-refractivity contribution in [2.45, 2.75) is 18.5 Å². The molecule has 0 radical (unpaired) electrons. The minimum absolute atomic E-state index is 0.164. The van der Waals surface area contributed by atoms with Gasteiger partial charge in [0.05, 0.1) is 38.0 Å². The van der Waals surface area contributed by atoms with Crippen LogP contribution < -0.4 is 14.5 Å². The average Bonchev–Trinajstić information content (AvgIpc) is 2.86. The number of methoxy groups -OCH3 is 1. The van der Waals surface area contributed by atoms with Crippen LogP contribution in [0.2, 0.25) is 0 Å². The standard InChI is InChI=1S/C24H25F2N5O4/c1-34-19-4-2-3-18(11-19)31(20-6-5-17(25)12-28-20)22-14-27-13-21(29-22)30-9-7-24(26,8-10-30)16-35-15-23(32)33/h2-6,11-14H,7-10,15-16H2,1H3,(H,32,33). The predicted octanol–water partition coefficient (Wildman–Crippen LogP) is 3.90. The predicted molar refractivity (Wildman–Crippen MR) is 125 cm³/mol. The molecule has 0 amide bonds. The first-order valence-corrected chi connectivity index (χ1v) is 11.0. The number of benzene rings is 1. The largest absolute Gasteiger partial charge is 0.497 e. The van der Waals surface area contributed by atoms with Crippen LogP contribution >= 0.6 is 0 Å². The van der Waals surface area contributed by atoms with E-state index in [0.29, 0.717) is 42.0 Å². The van der Waals surface area contributed by atoms with Gasteiger partial charge in [0.15, 0.2) is 5.82 Å². The van der Waals surface area contributed by atoms with E-state index < -0.39 is 24.1 Å². The summed E-state index contributed by atoms with van der Waals surface area (Å²) >= 11 is 0. The molecule has 35 heavy (non-hydrogen) atoms. The number of aromatic nitrogens is 3. The van der Waals surface area contributed by atoms with Crippen molar-refractivity contribution < 1.29 is 28.2 Å². The van der Waals surface area contributed by atoms with Crippen molar-refractivity contribution >= 4 is 29.1 Å². The molecule has 0 atom stereocenters. The summed E-state index contributed by atoms with van der Waals surface area (Å²) in [5.74, 6) is 0.453. The molecule has 1 aliphatic heterocycles. The van der Waals surface area contributed by atoms with Crippen molar-refractivity contribution in [3.05, 3.63) is 60.8 Å². The molecule has 0 spiro atoms. The summed E-state index contributed by atoms with van der Waals surface area (Å²) in [5, 5.41) is 8.69. The fourth-order valence-corrected chi connectivity index (χ4v) is 3.84. The van der Waals surface area contributed by atoms with Gasteiger partial charge in [-0.05, 0) is 24.3 Å². The highest BCUT2D eigenvalue weighted by Gasteiger charge is 2.35. The number of alkyl halides is 1. The zero-order valence-corrected chi connectivity index (χ0v) is 19.1. The third-order valence-corrected chi connectivity index (χ3v) is 5.66. The van der Waals surface area contributed by atoms with E-state index in [-0.39, 0.29) is 19.4 Å². The van der Waals surface area contributed by atoms with Crippen molar-refractivity contribution in [1.29, 1.82) is 0 Å². The molecule has 4 rings (SSSR count). The van der Waals surface area contributed by atoms with E-state index >= 15 is 4.39 Å². The SMILES string of the molecule is COc1cccc(N(c2ccc(F)cn2)c2cncc(N3CCC(F)(COCC(=O)O)CC3)n2)c1. The van der Waals surface area contributed by atoms with Crippen LogP contribution in [0.1, 0.15) is 12.8 Å². The van der Waals surface area contributed by atoms with E-state index in [2.05, 4.69) is 9.97 Å². The second kappa shape index (κ2) is 10.6. The van der Waals surface area contributed by atoms with Crippen LogP contribution in [0.25, 0.3) is 0 Å². The summed E-state index contributed by atoms with van der Waals surface area (Å²) in [7, 11) is 1.56. The summed E-state index contributed by atoms with van der Waals surface area (Å²) in [5.41, 5.74) is -0.909. The van der Waals surface area contributed by atoms with Crippen LogP contribution in [-0.2, 0) is 9.53 Å². The van der Waals surface area contributed by atoms with Crippen LogP contribution in [0.15, 0.2) is 55.0 Å². The highest BCUT2D eigenvalue weighted by atomic mass is 19.1. The number of aliphatic carboxylic acids is 1. The molecule has 1 aliphatic rings. The van der Waals surface area contributed by atoms with Crippen LogP contribution in [0, 0.1) is 5.82 Å². The lowest BCUT2D eigenvalue weighted by Crippen LogP contribution is -2.45. The fourth-order valence-electron chi connectivity index (χ4n) is 3.84. The van der Waals surface area contributed by atoms with Gasteiger partial charge in [-0.25, -0.2) is 23.5 Å². The minimum atomic E-state index is -1.60. The van der Waals surface area contributed by atoms with Crippen molar-refractivity contribution in [2.75, 3.05) is 43.2 Å². The van der Waals surface area contributed by atoms with E-state index in [1.165, 1.54) is 6.07 Å². The van der Waals surface area contributed by atoms with Crippen LogP contribution in [0.4, 0.5) is 31.9 Å². The van der Waals surface area contributed by atoms with E-state index in [0.717, 1.165) is 6.20 Å². The number of carbonyl (C=O) groups is 1. The Hall–Kier alpha value is -3.86. The van der Waals surface area contributed by atoms with Gasteiger partial charge in [-0.2, -0.15) is 0 Å². The quantitative estimate of drug-likeness (QED) is 0.484. The highest BCUT2D eigenvalue weighted by molar-refractivity contribution is 5.73. The monoisotopic (exact) mass is 485 g/mol. The molecule has 3 heterocycles. The van der Waals surface area contributed by atoms with Gasteiger partial charge in [-0.3, -0.25) is 9.88 Å². The van der Waals surface area contributed by atoms with Crippen molar-refractivity contribution in [3.8, 4) is 5.75 Å². The molecule has 1 saturated heterocycles. The summed E-state index contributed by atoms with van der Waals surface area (Å²) in [4.78, 5) is 27.5. The summed E-state index contributed by atoms with van der Waals surface area (Å²) in [6.45, 7) is -0.0722. The maximum atomic E-state index is 15.0.